The van der Waals surface area contributed by atoms with Gasteiger partial charge in [0, 0.05) is 23.1 Å². The minimum atomic E-state index is -0.271. The van der Waals surface area contributed by atoms with Crippen LogP contribution in [0.4, 0.5) is 0 Å². The summed E-state index contributed by atoms with van der Waals surface area (Å²) in [5.41, 5.74) is 4.77. The van der Waals surface area contributed by atoms with Gasteiger partial charge in [-0.25, -0.2) is 4.98 Å². The molecule has 0 aliphatic carbocycles. The molecule has 30 heavy (non-hydrogen) atoms. The minimum Gasteiger partial charge on any atom is -0.619 e. The van der Waals surface area contributed by atoms with E-state index < -0.39 is 0 Å². The average molecular weight is 398 g/mol. The van der Waals surface area contributed by atoms with Crippen molar-refractivity contribution in [2.45, 2.75) is 13.0 Å². The van der Waals surface area contributed by atoms with Crippen LogP contribution in [0.3, 0.4) is 0 Å². The molecule has 148 valence electrons. The molecule has 0 aliphatic rings. The van der Waals surface area contributed by atoms with Crippen LogP contribution < -0.4 is 10.0 Å². The minimum absolute atomic E-state index is 0.140. The second kappa shape index (κ2) is 7.00. The van der Waals surface area contributed by atoms with Gasteiger partial charge in [0.15, 0.2) is 18.2 Å². The highest BCUT2D eigenvalue weighted by Gasteiger charge is 2.17. The van der Waals surface area contributed by atoms with Crippen LogP contribution in [0, 0.1) is 5.21 Å². The first-order valence-corrected chi connectivity index (χ1v) is 9.51. The highest BCUT2D eigenvalue weighted by molar-refractivity contribution is 6.02. The Balaban J connectivity index is 1.47. The van der Waals surface area contributed by atoms with Crippen LogP contribution in [0.15, 0.2) is 67.0 Å². The van der Waals surface area contributed by atoms with Crippen molar-refractivity contribution in [1.82, 2.24) is 25.5 Å². The Kier molecular flexibility index (Phi) is 4.17. The molecular weight excluding hydrogens is 380 g/mol. The van der Waals surface area contributed by atoms with Crippen molar-refractivity contribution in [3.05, 3.63) is 83.6 Å². The number of carbonyl (C=O) groups is 1. The summed E-state index contributed by atoms with van der Waals surface area (Å²) >= 11 is 0. The van der Waals surface area contributed by atoms with Crippen LogP contribution >= 0.6 is 0 Å². The maximum absolute atomic E-state index is 12.7. The highest BCUT2D eigenvalue weighted by Crippen LogP contribution is 2.28. The molecule has 3 heterocycles. The number of imidazole rings is 1. The Hall–Kier alpha value is -4.20. The van der Waals surface area contributed by atoms with Crippen molar-refractivity contribution in [2.75, 3.05) is 0 Å². The van der Waals surface area contributed by atoms with Gasteiger partial charge in [-0.1, -0.05) is 30.3 Å². The predicted octanol–water partition coefficient (Wildman–Crippen LogP) is 3.23. The van der Waals surface area contributed by atoms with Gasteiger partial charge in [-0.3, -0.25) is 9.89 Å². The maximum Gasteiger partial charge on any atom is 0.287 e. The number of nitrogens with one attached hydrogen (secondary N) is 3. The summed E-state index contributed by atoms with van der Waals surface area (Å²) in [5, 5.41) is 22.5. The predicted molar refractivity (Wildman–Crippen MR) is 112 cm³/mol. The van der Waals surface area contributed by atoms with Crippen molar-refractivity contribution in [2.24, 2.45) is 0 Å². The first kappa shape index (κ1) is 17.9. The quantitative estimate of drug-likeness (QED) is 0.319. The molecule has 3 N–H and O–H groups in total. The number of aromatic amines is 2. The van der Waals surface area contributed by atoms with Crippen LogP contribution in [0.2, 0.25) is 0 Å². The lowest BCUT2D eigenvalue weighted by Crippen LogP contribution is -2.27. The van der Waals surface area contributed by atoms with Gasteiger partial charge in [0.25, 0.3) is 5.91 Å². The van der Waals surface area contributed by atoms with Gasteiger partial charge >= 0.3 is 0 Å². The van der Waals surface area contributed by atoms with Crippen molar-refractivity contribution >= 4 is 27.8 Å². The molecular formula is C22H18N6O2. The van der Waals surface area contributed by atoms with Crippen molar-refractivity contribution < 1.29 is 9.52 Å². The molecule has 0 radical (unpaired) electrons. The zero-order valence-corrected chi connectivity index (χ0v) is 16.1. The number of hydrogen-bond donors (Lipinski definition) is 3. The summed E-state index contributed by atoms with van der Waals surface area (Å²) < 4.78 is 0.728. The summed E-state index contributed by atoms with van der Waals surface area (Å²) in [6.45, 7) is 1.93. The number of rotatable bonds is 4. The van der Waals surface area contributed by atoms with E-state index in [1.165, 1.54) is 12.4 Å². The van der Waals surface area contributed by atoms with Gasteiger partial charge in [0.2, 0.25) is 0 Å². The Labute approximate surface area is 171 Å². The normalized spacial score (nSPS) is 12.3. The van der Waals surface area contributed by atoms with Crippen LogP contribution in [-0.4, -0.2) is 26.1 Å². The van der Waals surface area contributed by atoms with Gasteiger partial charge < -0.3 is 15.5 Å². The van der Waals surface area contributed by atoms with E-state index in [9.17, 15) is 10.0 Å². The smallest absolute Gasteiger partial charge is 0.287 e. The number of amides is 1. The average Bonchev–Trinajstić information content (AvgIpc) is 3.37. The highest BCUT2D eigenvalue weighted by atomic mass is 16.5. The number of H-pyrrole nitrogens is 2. The number of fused-ring (bicyclic) bond motifs is 2. The van der Waals surface area contributed by atoms with Gasteiger partial charge in [-0.2, -0.15) is 9.83 Å². The third kappa shape index (κ3) is 3.14. The number of hydrogen-bond acceptors (Lipinski definition) is 4. The number of pyridine rings is 1. The first-order valence-electron chi connectivity index (χ1n) is 9.51. The van der Waals surface area contributed by atoms with Crippen LogP contribution in [0.5, 0.6) is 0 Å². The maximum atomic E-state index is 12.7. The van der Waals surface area contributed by atoms with E-state index in [4.69, 9.17) is 0 Å². The molecule has 8 heteroatoms. The zero-order chi connectivity index (χ0) is 20.7. The molecule has 0 bridgehead atoms. The Morgan fingerprint density at radius 1 is 1.10 bits per heavy atom. The molecule has 0 fully saturated rings. The van der Waals surface area contributed by atoms with Crippen LogP contribution in [0.25, 0.3) is 33.2 Å². The molecule has 5 rings (SSSR count). The van der Waals surface area contributed by atoms with E-state index in [2.05, 4.69) is 25.5 Å². The summed E-state index contributed by atoms with van der Waals surface area (Å²) in [5.74, 6) is -0.0188. The van der Waals surface area contributed by atoms with E-state index >= 15 is 0 Å². The Morgan fingerprint density at radius 2 is 1.87 bits per heavy atom. The molecule has 0 saturated heterocycles. The topological polar surface area (TPSA) is 113 Å². The summed E-state index contributed by atoms with van der Waals surface area (Å²) in [6.07, 6.45) is 2.86. The van der Waals surface area contributed by atoms with E-state index in [1.54, 1.807) is 12.1 Å². The van der Waals surface area contributed by atoms with E-state index in [1.807, 2.05) is 49.4 Å². The number of benzene rings is 2. The standard InChI is InChI=1S/C22H18N6O2/c1-13(14-5-3-2-4-6-14)23-22(29)21-24-18-11-16-17(12-19(18)25-21)26-27-20(16)15-7-9-28(30)10-8-15/h2-13H,1H3,(H,23,29)(H,24,25)(H,26,27). The van der Waals surface area contributed by atoms with Crippen LogP contribution in [0.1, 0.15) is 29.1 Å². The molecule has 0 saturated carbocycles. The van der Waals surface area contributed by atoms with E-state index in [-0.39, 0.29) is 17.8 Å². The van der Waals surface area contributed by atoms with Crippen molar-refractivity contribution in [3.8, 4) is 11.3 Å². The first-order chi connectivity index (χ1) is 14.6. The molecule has 5 aromatic rings. The lowest BCUT2D eigenvalue weighted by Gasteiger charge is -2.12. The fourth-order valence-corrected chi connectivity index (χ4v) is 3.51. The van der Waals surface area contributed by atoms with Crippen molar-refractivity contribution in [3.63, 3.8) is 0 Å². The Morgan fingerprint density at radius 3 is 2.63 bits per heavy atom. The van der Waals surface area contributed by atoms with Gasteiger partial charge in [0.05, 0.1) is 22.6 Å². The second-order valence-corrected chi connectivity index (χ2v) is 7.13. The largest absolute Gasteiger partial charge is 0.619 e. The lowest BCUT2D eigenvalue weighted by molar-refractivity contribution is -0.605. The van der Waals surface area contributed by atoms with Crippen LogP contribution in [-0.2, 0) is 0 Å². The Bertz CT molecular complexity index is 1360. The molecule has 0 spiro atoms. The molecule has 3 aromatic heterocycles. The lowest BCUT2D eigenvalue weighted by atomic mass is 10.1. The molecule has 2 aromatic carbocycles. The molecule has 1 unspecified atom stereocenters. The summed E-state index contributed by atoms with van der Waals surface area (Å²) in [6, 6.07) is 16.8. The molecule has 1 atom stereocenters. The van der Waals surface area contributed by atoms with Crippen molar-refractivity contribution in [1.29, 1.82) is 0 Å². The molecule has 8 nitrogen and oxygen atoms in total. The SMILES string of the molecule is CC(NC(=O)c1nc2cc3c(-c4cc[n+]([O-])cc4)n[nH]c3cc2[nH]1)c1ccccc1. The van der Waals surface area contributed by atoms with E-state index in [0.29, 0.717) is 5.52 Å². The third-order valence-electron chi connectivity index (χ3n) is 5.10. The molecule has 0 aliphatic heterocycles. The van der Waals surface area contributed by atoms with Gasteiger partial charge in [-0.05, 0) is 24.6 Å². The zero-order valence-electron chi connectivity index (χ0n) is 16.1. The van der Waals surface area contributed by atoms with E-state index in [0.717, 1.165) is 38.0 Å². The molecule has 1 amide bonds. The number of nitrogens with zero attached hydrogens (tertiary/aromatic N) is 3. The third-order valence-corrected chi connectivity index (χ3v) is 5.10. The fourth-order valence-electron chi connectivity index (χ4n) is 3.51. The second-order valence-electron chi connectivity index (χ2n) is 7.13. The summed E-state index contributed by atoms with van der Waals surface area (Å²) in [7, 11) is 0. The monoisotopic (exact) mass is 398 g/mol. The summed E-state index contributed by atoms with van der Waals surface area (Å²) in [4.78, 5) is 20.3. The number of aromatic nitrogens is 5. The number of carbonyl (C=O) groups excluding carboxylic acids is 1. The van der Waals surface area contributed by atoms with Gasteiger partial charge in [-0.15, -0.1) is 0 Å². The van der Waals surface area contributed by atoms with Gasteiger partial charge in [0.1, 0.15) is 5.69 Å². The fraction of sp³-hybridized carbons (Fsp3) is 0.0909.